The average Bonchev–Trinajstić information content (AvgIpc) is 2.71. The van der Waals surface area contributed by atoms with E-state index in [0.29, 0.717) is 12.0 Å². The van der Waals surface area contributed by atoms with E-state index in [1.54, 1.807) is 0 Å². The monoisotopic (exact) mass is 290 g/mol. The molecule has 21 heavy (non-hydrogen) atoms. The molecular formula is C18H30N2O. The number of nitrogens with zero attached hydrogens (tertiary/aromatic N) is 1. The van der Waals surface area contributed by atoms with Gasteiger partial charge in [0.1, 0.15) is 5.75 Å². The second-order valence-electron chi connectivity index (χ2n) is 5.86. The van der Waals surface area contributed by atoms with Gasteiger partial charge in [-0.3, -0.25) is 4.90 Å². The lowest BCUT2D eigenvalue weighted by Gasteiger charge is -2.35. The number of rotatable bonds is 6. The molecule has 1 aromatic carbocycles. The van der Waals surface area contributed by atoms with Crippen molar-refractivity contribution in [2.75, 3.05) is 33.3 Å². The minimum atomic E-state index is 0.465. The fourth-order valence-corrected chi connectivity index (χ4v) is 3.61. The van der Waals surface area contributed by atoms with Gasteiger partial charge in [0.05, 0.1) is 6.61 Å². The molecule has 0 aliphatic carbocycles. The van der Waals surface area contributed by atoms with E-state index in [4.69, 9.17) is 4.74 Å². The van der Waals surface area contributed by atoms with Gasteiger partial charge in [-0.2, -0.15) is 0 Å². The topological polar surface area (TPSA) is 24.5 Å². The Morgan fingerprint density at radius 3 is 2.76 bits per heavy atom. The summed E-state index contributed by atoms with van der Waals surface area (Å²) in [6, 6.07) is 9.06. The van der Waals surface area contributed by atoms with Crippen molar-refractivity contribution in [2.45, 2.75) is 39.2 Å². The molecule has 0 saturated carbocycles. The number of para-hydroxylation sites is 1. The summed E-state index contributed by atoms with van der Waals surface area (Å²) in [4.78, 5) is 2.63. The van der Waals surface area contributed by atoms with Crippen molar-refractivity contribution in [1.82, 2.24) is 10.2 Å². The summed E-state index contributed by atoms with van der Waals surface area (Å²) in [6.45, 7) is 8.44. The van der Waals surface area contributed by atoms with Gasteiger partial charge >= 0.3 is 0 Å². The zero-order valence-corrected chi connectivity index (χ0v) is 13.8. The van der Waals surface area contributed by atoms with E-state index in [1.807, 2.05) is 0 Å². The molecule has 0 aromatic heterocycles. The van der Waals surface area contributed by atoms with Crippen molar-refractivity contribution in [3.05, 3.63) is 29.8 Å². The van der Waals surface area contributed by atoms with Crippen LogP contribution in [0.2, 0.25) is 0 Å². The van der Waals surface area contributed by atoms with E-state index < -0.39 is 0 Å². The zero-order valence-electron chi connectivity index (χ0n) is 13.8. The van der Waals surface area contributed by atoms with Gasteiger partial charge in [0.2, 0.25) is 0 Å². The molecule has 1 aliphatic rings. The van der Waals surface area contributed by atoms with Crippen LogP contribution in [0.5, 0.6) is 5.75 Å². The Morgan fingerprint density at radius 2 is 2.05 bits per heavy atom. The van der Waals surface area contributed by atoms with Crippen molar-refractivity contribution < 1.29 is 4.74 Å². The molecule has 0 amide bonds. The molecule has 0 radical (unpaired) electrons. The SMILES string of the molecule is CCOc1ccccc1C1C(CNC)CCCCN1CC. The molecule has 118 valence electrons. The first kappa shape index (κ1) is 16.3. The number of likely N-dealkylation sites (tertiary alicyclic amines) is 1. The summed E-state index contributed by atoms with van der Waals surface area (Å²) in [7, 11) is 2.06. The van der Waals surface area contributed by atoms with Crippen molar-refractivity contribution in [3.63, 3.8) is 0 Å². The molecule has 1 heterocycles. The molecule has 2 atom stereocenters. The Hall–Kier alpha value is -1.06. The first-order chi connectivity index (χ1) is 10.3. The lowest BCUT2D eigenvalue weighted by Crippen LogP contribution is -2.36. The van der Waals surface area contributed by atoms with Gasteiger partial charge in [-0.05, 0) is 58.4 Å². The standard InChI is InChI=1S/C18H30N2O/c1-4-20-13-9-8-10-15(14-19-3)18(20)16-11-6-7-12-17(16)21-5-2/h6-7,11-12,15,18-19H,4-5,8-10,13-14H2,1-3H3. The van der Waals surface area contributed by atoms with Gasteiger partial charge in [0, 0.05) is 11.6 Å². The van der Waals surface area contributed by atoms with Crippen LogP contribution < -0.4 is 10.1 Å². The highest BCUT2D eigenvalue weighted by atomic mass is 16.5. The predicted octanol–water partition coefficient (Wildman–Crippen LogP) is 3.47. The maximum Gasteiger partial charge on any atom is 0.124 e. The zero-order chi connectivity index (χ0) is 15.1. The number of nitrogens with one attached hydrogen (secondary N) is 1. The van der Waals surface area contributed by atoms with Crippen LogP contribution >= 0.6 is 0 Å². The van der Waals surface area contributed by atoms with Crippen LogP contribution in [-0.2, 0) is 0 Å². The second-order valence-corrected chi connectivity index (χ2v) is 5.86. The van der Waals surface area contributed by atoms with Crippen LogP contribution in [0.25, 0.3) is 0 Å². The summed E-state index contributed by atoms with van der Waals surface area (Å²) < 4.78 is 5.90. The largest absolute Gasteiger partial charge is 0.494 e. The smallest absolute Gasteiger partial charge is 0.124 e. The molecule has 1 fully saturated rings. The molecule has 1 aromatic rings. The molecule has 1 aliphatic heterocycles. The molecule has 3 heteroatoms. The highest BCUT2D eigenvalue weighted by Gasteiger charge is 2.31. The Balaban J connectivity index is 2.37. The van der Waals surface area contributed by atoms with Crippen LogP contribution in [0, 0.1) is 5.92 Å². The first-order valence-electron chi connectivity index (χ1n) is 8.42. The predicted molar refractivity (Wildman–Crippen MR) is 88.9 cm³/mol. The number of ether oxygens (including phenoxy) is 1. The van der Waals surface area contributed by atoms with E-state index in [1.165, 1.54) is 31.4 Å². The Labute approximate surface area is 129 Å². The van der Waals surface area contributed by atoms with Gasteiger partial charge in [0.15, 0.2) is 0 Å². The molecule has 1 saturated heterocycles. The minimum Gasteiger partial charge on any atom is -0.494 e. The van der Waals surface area contributed by atoms with Crippen LogP contribution in [0.3, 0.4) is 0 Å². The van der Waals surface area contributed by atoms with Gasteiger partial charge in [-0.25, -0.2) is 0 Å². The van der Waals surface area contributed by atoms with Crippen molar-refractivity contribution in [2.24, 2.45) is 5.92 Å². The first-order valence-corrected chi connectivity index (χ1v) is 8.42. The third-order valence-corrected chi connectivity index (χ3v) is 4.52. The molecule has 0 bridgehead atoms. The van der Waals surface area contributed by atoms with E-state index in [-0.39, 0.29) is 0 Å². The van der Waals surface area contributed by atoms with E-state index in [0.717, 1.165) is 25.4 Å². The van der Waals surface area contributed by atoms with Crippen LogP contribution in [-0.4, -0.2) is 38.2 Å². The summed E-state index contributed by atoms with van der Waals surface area (Å²) in [5.41, 5.74) is 1.36. The fraction of sp³-hybridized carbons (Fsp3) is 0.667. The van der Waals surface area contributed by atoms with Crippen molar-refractivity contribution in [3.8, 4) is 5.75 Å². The molecule has 0 spiro atoms. The molecule has 2 rings (SSSR count). The maximum absolute atomic E-state index is 5.90. The van der Waals surface area contributed by atoms with E-state index >= 15 is 0 Å². The van der Waals surface area contributed by atoms with Crippen LogP contribution in [0.15, 0.2) is 24.3 Å². The highest BCUT2D eigenvalue weighted by molar-refractivity contribution is 5.36. The summed E-state index contributed by atoms with van der Waals surface area (Å²) in [5.74, 6) is 1.71. The molecule has 1 N–H and O–H groups in total. The van der Waals surface area contributed by atoms with Gasteiger partial charge < -0.3 is 10.1 Å². The van der Waals surface area contributed by atoms with Gasteiger partial charge in [-0.1, -0.05) is 31.5 Å². The molecule has 2 unspecified atom stereocenters. The van der Waals surface area contributed by atoms with Crippen LogP contribution in [0.4, 0.5) is 0 Å². The van der Waals surface area contributed by atoms with E-state index in [9.17, 15) is 0 Å². The number of hydrogen-bond donors (Lipinski definition) is 1. The number of benzene rings is 1. The van der Waals surface area contributed by atoms with Crippen LogP contribution in [0.1, 0.15) is 44.7 Å². The normalized spacial score (nSPS) is 23.8. The lowest BCUT2D eigenvalue weighted by atomic mass is 9.88. The molecule has 3 nitrogen and oxygen atoms in total. The lowest BCUT2D eigenvalue weighted by molar-refractivity contribution is 0.158. The quantitative estimate of drug-likeness (QED) is 0.868. The van der Waals surface area contributed by atoms with Gasteiger partial charge in [-0.15, -0.1) is 0 Å². The third-order valence-electron chi connectivity index (χ3n) is 4.52. The number of hydrogen-bond acceptors (Lipinski definition) is 3. The van der Waals surface area contributed by atoms with Gasteiger partial charge in [0.25, 0.3) is 0 Å². The highest BCUT2D eigenvalue weighted by Crippen LogP contribution is 2.38. The summed E-state index contributed by atoms with van der Waals surface area (Å²) in [5, 5.41) is 3.39. The molecular weight excluding hydrogens is 260 g/mol. The minimum absolute atomic E-state index is 0.465. The third kappa shape index (κ3) is 3.98. The average molecular weight is 290 g/mol. The summed E-state index contributed by atoms with van der Waals surface area (Å²) in [6.07, 6.45) is 3.93. The van der Waals surface area contributed by atoms with Crippen molar-refractivity contribution in [1.29, 1.82) is 0 Å². The Bertz CT molecular complexity index is 421. The van der Waals surface area contributed by atoms with Crippen molar-refractivity contribution >= 4 is 0 Å². The Kier molecular flexibility index (Phi) is 6.52. The van der Waals surface area contributed by atoms with E-state index in [2.05, 4.69) is 55.4 Å². The maximum atomic E-state index is 5.90. The fourth-order valence-electron chi connectivity index (χ4n) is 3.61. The Morgan fingerprint density at radius 1 is 1.24 bits per heavy atom. The summed E-state index contributed by atoms with van der Waals surface area (Å²) >= 11 is 0. The second kappa shape index (κ2) is 8.40.